The second kappa shape index (κ2) is 7.08. The van der Waals surface area contributed by atoms with Crippen LogP contribution >= 0.6 is 0 Å². The van der Waals surface area contributed by atoms with E-state index in [-0.39, 0.29) is 5.92 Å². The monoisotopic (exact) mass is 316 g/mol. The first kappa shape index (κ1) is 15.9. The topological polar surface area (TPSA) is 73.1 Å². The highest BCUT2D eigenvalue weighted by Crippen LogP contribution is 2.25. The van der Waals surface area contributed by atoms with Crippen molar-refractivity contribution in [2.24, 2.45) is 0 Å². The van der Waals surface area contributed by atoms with Crippen LogP contribution in [0.1, 0.15) is 51.3 Å². The summed E-state index contributed by atoms with van der Waals surface area (Å²) in [6, 6.07) is 4.25. The summed E-state index contributed by atoms with van der Waals surface area (Å²) in [6.07, 6.45) is 6.59. The van der Waals surface area contributed by atoms with Gasteiger partial charge in [-0.1, -0.05) is 19.0 Å². The highest BCUT2D eigenvalue weighted by Gasteiger charge is 2.22. The summed E-state index contributed by atoms with van der Waals surface area (Å²) in [6.45, 7) is 4.09. The van der Waals surface area contributed by atoms with Crippen molar-refractivity contribution in [1.29, 1.82) is 0 Å². The van der Waals surface area contributed by atoms with Crippen molar-refractivity contribution in [1.82, 2.24) is 15.1 Å². The molecule has 6 heteroatoms. The van der Waals surface area contributed by atoms with E-state index in [2.05, 4.69) is 20.4 Å². The van der Waals surface area contributed by atoms with Gasteiger partial charge in [0.25, 0.3) is 5.89 Å². The quantitative estimate of drug-likeness (QED) is 0.908. The maximum Gasteiger partial charge on any atom is 0.258 e. The van der Waals surface area contributed by atoms with Crippen LogP contribution in [0.2, 0.25) is 0 Å². The molecule has 0 radical (unpaired) electrons. The fourth-order valence-corrected chi connectivity index (χ4v) is 2.93. The molecule has 1 aliphatic carbocycles. The Balaban J connectivity index is 1.71. The van der Waals surface area contributed by atoms with E-state index >= 15 is 0 Å². The number of rotatable bonds is 5. The molecular weight excluding hydrogens is 292 g/mol. The van der Waals surface area contributed by atoms with Crippen LogP contribution in [0.15, 0.2) is 22.9 Å². The van der Waals surface area contributed by atoms with E-state index in [0.717, 1.165) is 36.5 Å². The molecule has 6 nitrogen and oxygen atoms in total. The molecule has 3 rings (SSSR count). The van der Waals surface area contributed by atoms with Crippen LogP contribution in [0, 0.1) is 0 Å². The largest absolute Gasteiger partial charge is 0.381 e. The van der Waals surface area contributed by atoms with Crippen molar-refractivity contribution in [2.45, 2.75) is 57.6 Å². The Bertz CT molecular complexity index is 641. The fraction of sp³-hybridized carbons (Fsp3) is 0.588. The first-order valence-corrected chi connectivity index (χ1v) is 8.25. The molecule has 1 fully saturated rings. The summed E-state index contributed by atoms with van der Waals surface area (Å²) in [5, 5.41) is 7.52. The minimum absolute atomic E-state index is 0.250. The lowest BCUT2D eigenvalue weighted by atomic mass is 9.93. The lowest BCUT2D eigenvalue weighted by Crippen LogP contribution is -2.31. The predicted octanol–water partition coefficient (Wildman–Crippen LogP) is 3.62. The van der Waals surface area contributed by atoms with Gasteiger partial charge in [-0.25, -0.2) is 4.98 Å². The van der Waals surface area contributed by atoms with E-state index in [1.54, 1.807) is 13.3 Å². The van der Waals surface area contributed by atoms with Gasteiger partial charge in [0.2, 0.25) is 0 Å². The molecule has 2 aromatic heterocycles. The van der Waals surface area contributed by atoms with Gasteiger partial charge in [0, 0.05) is 30.8 Å². The van der Waals surface area contributed by atoms with Crippen LogP contribution in [0.3, 0.4) is 0 Å². The van der Waals surface area contributed by atoms with Crippen molar-refractivity contribution in [2.75, 3.05) is 12.4 Å². The van der Waals surface area contributed by atoms with Gasteiger partial charge in [0.15, 0.2) is 5.82 Å². The van der Waals surface area contributed by atoms with E-state index in [9.17, 15) is 0 Å². The molecule has 0 aromatic carbocycles. The van der Waals surface area contributed by atoms with Crippen LogP contribution in [-0.4, -0.2) is 34.4 Å². The number of hydrogen-bond acceptors (Lipinski definition) is 6. The van der Waals surface area contributed by atoms with Crippen molar-refractivity contribution < 1.29 is 9.26 Å². The Labute approximate surface area is 136 Å². The molecule has 0 amide bonds. The number of ether oxygens (including phenoxy) is 1. The average molecular weight is 316 g/mol. The normalized spacial score (nSPS) is 21.6. The van der Waals surface area contributed by atoms with Crippen molar-refractivity contribution in [3.05, 3.63) is 24.2 Å². The SMILES string of the molecule is COC1CCCC(Nc2cc(-c3nc(C(C)C)no3)ccn2)C1. The molecule has 124 valence electrons. The highest BCUT2D eigenvalue weighted by molar-refractivity contribution is 5.58. The zero-order chi connectivity index (χ0) is 16.2. The summed E-state index contributed by atoms with van der Waals surface area (Å²) in [4.78, 5) is 8.85. The Morgan fingerprint density at radius 1 is 1.35 bits per heavy atom. The Kier molecular flexibility index (Phi) is 4.91. The number of aromatic nitrogens is 3. The molecule has 0 saturated heterocycles. The lowest BCUT2D eigenvalue weighted by Gasteiger charge is -2.29. The van der Waals surface area contributed by atoms with Crippen molar-refractivity contribution in [3.63, 3.8) is 0 Å². The van der Waals surface area contributed by atoms with Crippen LogP contribution in [-0.2, 0) is 4.74 Å². The lowest BCUT2D eigenvalue weighted by molar-refractivity contribution is 0.0669. The van der Waals surface area contributed by atoms with Crippen LogP contribution in [0.5, 0.6) is 0 Å². The van der Waals surface area contributed by atoms with Gasteiger partial charge in [0.05, 0.1) is 6.10 Å². The molecule has 2 aromatic rings. The molecule has 1 saturated carbocycles. The van der Waals surface area contributed by atoms with Crippen molar-refractivity contribution >= 4 is 5.82 Å². The molecule has 2 unspecified atom stereocenters. The smallest absolute Gasteiger partial charge is 0.258 e. The molecule has 0 aliphatic heterocycles. The molecule has 23 heavy (non-hydrogen) atoms. The van der Waals surface area contributed by atoms with Gasteiger partial charge in [-0.15, -0.1) is 0 Å². The number of pyridine rings is 1. The summed E-state index contributed by atoms with van der Waals surface area (Å²) in [5.74, 6) is 2.35. The third-order valence-corrected chi connectivity index (χ3v) is 4.28. The molecule has 1 aliphatic rings. The third kappa shape index (κ3) is 3.88. The summed E-state index contributed by atoms with van der Waals surface area (Å²) in [7, 11) is 1.79. The number of anilines is 1. The molecule has 2 heterocycles. The molecular formula is C17H24N4O2. The van der Waals surface area contributed by atoms with Gasteiger partial charge in [-0.2, -0.15) is 4.98 Å². The van der Waals surface area contributed by atoms with E-state index < -0.39 is 0 Å². The first-order valence-electron chi connectivity index (χ1n) is 8.25. The van der Waals surface area contributed by atoms with Gasteiger partial charge in [-0.05, 0) is 37.8 Å². The number of nitrogens with one attached hydrogen (secondary N) is 1. The molecule has 0 bridgehead atoms. The number of nitrogens with zero attached hydrogens (tertiary/aromatic N) is 3. The average Bonchev–Trinajstić information content (AvgIpc) is 3.06. The van der Waals surface area contributed by atoms with E-state index in [1.165, 1.54) is 6.42 Å². The Hall–Kier alpha value is -1.95. The Morgan fingerprint density at radius 2 is 2.22 bits per heavy atom. The zero-order valence-corrected chi connectivity index (χ0v) is 14.0. The summed E-state index contributed by atoms with van der Waals surface area (Å²) in [5.41, 5.74) is 0.890. The van der Waals surface area contributed by atoms with E-state index in [1.807, 2.05) is 26.0 Å². The van der Waals surface area contributed by atoms with Gasteiger partial charge in [-0.3, -0.25) is 0 Å². The minimum atomic E-state index is 0.250. The zero-order valence-electron chi connectivity index (χ0n) is 14.0. The third-order valence-electron chi connectivity index (χ3n) is 4.28. The second-order valence-corrected chi connectivity index (χ2v) is 6.41. The van der Waals surface area contributed by atoms with Crippen molar-refractivity contribution in [3.8, 4) is 11.5 Å². The van der Waals surface area contributed by atoms with Crippen LogP contribution in [0.25, 0.3) is 11.5 Å². The minimum Gasteiger partial charge on any atom is -0.381 e. The highest BCUT2D eigenvalue weighted by atomic mass is 16.5. The molecule has 2 atom stereocenters. The van der Waals surface area contributed by atoms with Gasteiger partial charge < -0.3 is 14.6 Å². The molecule has 1 N–H and O–H groups in total. The van der Waals surface area contributed by atoms with Gasteiger partial charge >= 0.3 is 0 Å². The summed E-state index contributed by atoms with van der Waals surface area (Å²) < 4.78 is 10.8. The number of methoxy groups -OCH3 is 1. The van der Waals surface area contributed by atoms with E-state index in [0.29, 0.717) is 18.0 Å². The summed E-state index contributed by atoms with van der Waals surface area (Å²) >= 11 is 0. The second-order valence-electron chi connectivity index (χ2n) is 6.41. The maximum absolute atomic E-state index is 5.48. The Morgan fingerprint density at radius 3 is 2.96 bits per heavy atom. The standard InChI is InChI=1S/C17H24N4O2/c1-11(2)16-20-17(23-21-16)12-7-8-18-15(9-12)19-13-5-4-6-14(10-13)22-3/h7-9,11,13-14H,4-6,10H2,1-3H3,(H,18,19). The van der Waals surface area contributed by atoms with E-state index in [4.69, 9.17) is 9.26 Å². The predicted molar refractivity (Wildman–Crippen MR) is 88.3 cm³/mol. The number of hydrogen-bond donors (Lipinski definition) is 1. The maximum atomic E-state index is 5.48. The molecule has 0 spiro atoms. The van der Waals surface area contributed by atoms with Crippen LogP contribution in [0.4, 0.5) is 5.82 Å². The van der Waals surface area contributed by atoms with Gasteiger partial charge in [0.1, 0.15) is 5.82 Å². The fourth-order valence-electron chi connectivity index (χ4n) is 2.93. The van der Waals surface area contributed by atoms with Crippen LogP contribution < -0.4 is 5.32 Å². The first-order chi connectivity index (χ1) is 11.2.